The lowest BCUT2D eigenvalue weighted by atomic mass is 9.99. The summed E-state index contributed by atoms with van der Waals surface area (Å²) in [6, 6.07) is -3.56. The van der Waals surface area contributed by atoms with Crippen LogP contribution in [0, 0.1) is 5.92 Å². The van der Waals surface area contributed by atoms with Crippen molar-refractivity contribution in [3.05, 3.63) is 0 Å². The molecule has 0 fully saturated rings. The van der Waals surface area contributed by atoms with E-state index in [1.54, 1.807) is 6.92 Å². The van der Waals surface area contributed by atoms with Gasteiger partial charge in [0.15, 0.2) is 0 Å². The lowest BCUT2D eigenvalue weighted by Crippen LogP contribution is -2.57. The van der Waals surface area contributed by atoms with Crippen LogP contribution in [0.4, 0.5) is 0 Å². The molecular formula is C16H29N5O7. The summed E-state index contributed by atoms with van der Waals surface area (Å²) < 4.78 is 0. The van der Waals surface area contributed by atoms with Crippen LogP contribution in [-0.4, -0.2) is 71.1 Å². The average molecular weight is 403 g/mol. The molecule has 0 saturated heterocycles. The predicted octanol–water partition coefficient (Wildman–Crippen LogP) is -3.21. The monoisotopic (exact) mass is 403 g/mol. The van der Waals surface area contributed by atoms with Crippen LogP contribution in [0.3, 0.4) is 0 Å². The third-order valence-electron chi connectivity index (χ3n) is 4.10. The van der Waals surface area contributed by atoms with Crippen LogP contribution in [-0.2, 0) is 24.0 Å². The van der Waals surface area contributed by atoms with Crippen LogP contribution in [0.25, 0.3) is 0 Å². The standard InChI is InChI=1S/C16H29N5O7/c1-3-8(2)13(18)16(28)21-10(7-22)15(27)20-9(4-5-11(17)23)14(26)19-6-12(24)25/h8-10,13,22H,3-7,18H2,1-2H3,(H2,17,23)(H,19,26)(H,20,27)(H,21,28)(H,24,25). The van der Waals surface area contributed by atoms with Gasteiger partial charge in [-0.05, 0) is 12.3 Å². The first-order valence-electron chi connectivity index (χ1n) is 8.78. The summed E-state index contributed by atoms with van der Waals surface area (Å²) in [5.41, 5.74) is 10.8. The van der Waals surface area contributed by atoms with Crippen molar-refractivity contribution in [3.8, 4) is 0 Å². The lowest BCUT2D eigenvalue weighted by molar-refractivity contribution is -0.139. The maximum Gasteiger partial charge on any atom is 0.322 e. The number of carboxylic acid groups (broad SMARTS) is 1. The first kappa shape index (κ1) is 25.3. The summed E-state index contributed by atoms with van der Waals surface area (Å²) in [6.45, 7) is 2.15. The number of hydrogen-bond acceptors (Lipinski definition) is 7. The highest BCUT2D eigenvalue weighted by Crippen LogP contribution is 2.06. The Bertz CT molecular complexity index is 584. The number of aliphatic hydroxyl groups is 1. The van der Waals surface area contributed by atoms with Crippen LogP contribution >= 0.6 is 0 Å². The molecule has 0 rings (SSSR count). The second kappa shape index (κ2) is 12.6. The number of amides is 4. The molecule has 0 aliphatic carbocycles. The molecule has 4 amide bonds. The van der Waals surface area contributed by atoms with Gasteiger partial charge in [0.25, 0.3) is 0 Å². The van der Waals surface area contributed by atoms with Gasteiger partial charge in [-0.25, -0.2) is 0 Å². The van der Waals surface area contributed by atoms with E-state index in [-0.39, 0.29) is 18.8 Å². The molecule has 0 radical (unpaired) electrons. The summed E-state index contributed by atoms with van der Waals surface area (Å²) in [5, 5.41) is 24.7. The van der Waals surface area contributed by atoms with E-state index >= 15 is 0 Å². The highest BCUT2D eigenvalue weighted by atomic mass is 16.4. The first-order valence-corrected chi connectivity index (χ1v) is 8.78. The molecule has 0 heterocycles. The highest BCUT2D eigenvalue weighted by Gasteiger charge is 2.29. The van der Waals surface area contributed by atoms with Gasteiger partial charge in [0.2, 0.25) is 23.6 Å². The van der Waals surface area contributed by atoms with Gasteiger partial charge in [0.05, 0.1) is 12.6 Å². The first-order chi connectivity index (χ1) is 13.0. The molecule has 0 aromatic rings. The quantitative estimate of drug-likeness (QED) is 0.166. The molecular weight excluding hydrogens is 374 g/mol. The minimum Gasteiger partial charge on any atom is -0.480 e. The van der Waals surface area contributed by atoms with E-state index in [2.05, 4.69) is 16.0 Å². The number of carbonyl (C=O) groups excluding carboxylic acids is 4. The maximum absolute atomic E-state index is 12.3. The van der Waals surface area contributed by atoms with Crippen molar-refractivity contribution in [2.45, 2.75) is 51.2 Å². The average Bonchev–Trinajstić information content (AvgIpc) is 2.65. The van der Waals surface area contributed by atoms with Gasteiger partial charge in [0, 0.05) is 6.42 Å². The topological polar surface area (TPSA) is 214 Å². The molecule has 12 heteroatoms. The van der Waals surface area contributed by atoms with Crippen LogP contribution in [0.15, 0.2) is 0 Å². The summed E-state index contributed by atoms with van der Waals surface area (Å²) in [5.74, 6) is -4.58. The number of primary amides is 1. The zero-order valence-electron chi connectivity index (χ0n) is 15.9. The highest BCUT2D eigenvalue weighted by molar-refractivity contribution is 5.94. The number of aliphatic hydroxyl groups excluding tert-OH is 1. The minimum atomic E-state index is -1.38. The molecule has 9 N–H and O–H groups in total. The lowest BCUT2D eigenvalue weighted by Gasteiger charge is -2.24. The molecule has 0 aromatic heterocycles. The van der Waals surface area contributed by atoms with Gasteiger partial charge >= 0.3 is 5.97 Å². The molecule has 0 aliphatic rings. The Morgan fingerprint density at radius 3 is 2.04 bits per heavy atom. The van der Waals surface area contributed by atoms with Gasteiger partial charge in [-0.15, -0.1) is 0 Å². The zero-order chi connectivity index (χ0) is 21.9. The molecule has 0 aliphatic heterocycles. The molecule has 0 aromatic carbocycles. The minimum absolute atomic E-state index is 0.160. The van der Waals surface area contributed by atoms with Crippen molar-refractivity contribution >= 4 is 29.6 Å². The molecule has 0 saturated carbocycles. The van der Waals surface area contributed by atoms with E-state index in [0.29, 0.717) is 6.42 Å². The number of carbonyl (C=O) groups is 5. The van der Waals surface area contributed by atoms with Crippen molar-refractivity contribution in [1.29, 1.82) is 0 Å². The molecule has 12 nitrogen and oxygen atoms in total. The number of hydrogen-bond donors (Lipinski definition) is 7. The summed E-state index contributed by atoms with van der Waals surface area (Å²) in [7, 11) is 0. The van der Waals surface area contributed by atoms with Crippen molar-refractivity contribution in [1.82, 2.24) is 16.0 Å². The number of nitrogens with one attached hydrogen (secondary N) is 3. The van der Waals surface area contributed by atoms with Crippen molar-refractivity contribution in [3.63, 3.8) is 0 Å². The summed E-state index contributed by atoms with van der Waals surface area (Å²) in [4.78, 5) is 58.0. The number of nitrogens with two attached hydrogens (primary N) is 2. The van der Waals surface area contributed by atoms with E-state index in [0.717, 1.165) is 0 Å². The van der Waals surface area contributed by atoms with E-state index in [4.69, 9.17) is 16.6 Å². The largest absolute Gasteiger partial charge is 0.480 e. The van der Waals surface area contributed by atoms with Crippen LogP contribution in [0.1, 0.15) is 33.1 Å². The Morgan fingerprint density at radius 2 is 1.57 bits per heavy atom. The molecule has 28 heavy (non-hydrogen) atoms. The van der Waals surface area contributed by atoms with Gasteiger partial charge < -0.3 is 37.6 Å². The fourth-order valence-corrected chi connectivity index (χ4v) is 2.09. The van der Waals surface area contributed by atoms with E-state index in [1.165, 1.54) is 0 Å². The summed E-state index contributed by atoms with van der Waals surface area (Å²) >= 11 is 0. The Labute approximate surface area is 162 Å². The fraction of sp³-hybridized carbons (Fsp3) is 0.688. The number of carboxylic acids is 1. The van der Waals surface area contributed by atoms with Gasteiger partial charge in [-0.2, -0.15) is 0 Å². The predicted molar refractivity (Wildman–Crippen MR) is 97.5 cm³/mol. The van der Waals surface area contributed by atoms with E-state index in [9.17, 15) is 29.1 Å². The van der Waals surface area contributed by atoms with E-state index in [1.807, 2.05) is 6.92 Å². The third-order valence-corrected chi connectivity index (χ3v) is 4.10. The Morgan fingerprint density at radius 1 is 1.00 bits per heavy atom. The second-order valence-electron chi connectivity index (χ2n) is 6.33. The molecule has 4 unspecified atom stereocenters. The van der Waals surface area contributed by atoms with Gasteiger partial charge in [-0.3, -0.25) is 24.0 Å². The van der Waals surface area contributed by atoms with Crippen molar-refractivity contribution in [2.75, 3.05) is 13.2 Å². The fourth-order valence-electron chi connectivity index (χ4n) is 2.09. The molecule has 160 valence electrons. The summed E-state index contributed by atoms with van der Waals surface area (Å²) in [6.07, 6.45) is 0.189. The van der Waals surface area contributed by atoms with Crippen molar-refractivity contribution < 1.29 is 34.2 Å². The second-order valence-corrected chi connectivity index (χ2v) is 6.33. The normalized spacial score (nSPS) is 14.9. The van der Waals surface area contributed by atoms with Gasteiger partial charge in [-0.1, -0.05) is 20.3 Å². The van der Waals surface area contributed by atoms with Crippen LogP contribution < -0.4 is 27.4 Å². The Kier molecular flexibility index (Phi) is 11.4. The molecule has 0 bridgehead atoms. The van der Waals surface area contributed by atoms with Gasteiger partial charge in [0.1, 0.15) is 18.6 Å². The molecule has 0 spiro atoms. The number of rotatable bonds is 13. The zero-order valence-corrected chi connectivity index (χ0v) is 15.9. The maximum atomic E-state index is 12.3. The van der Waals surface area contributed by atoms with Crippen molar-refractivity contribution in [2.24, 2.45) is 17.4 Å². The van der Waals surface area contributed by atoms with Crippen LogP contribution in [0.5, 0.6) is 0 Å². The molecule has 4 atom stereocenters. The Hall–Kier alpha value is -2.73. The SMILES string of the molecule is CCC(C)C(N)C(=O)NC(CO)C(=O)NC(CCC(N)=O)C(=O)NCC(=O)O. The van der Waals surface area contributed by atoms with Crippen LogP contribution in [0.2, 0.25) is 0 Å². The van der Waals surface area contributed by atoms with E-state index < -0.39 is 60.9 Å². The smallest absolute Gasteiger partial charge is 0.322 e. The number of aliphatic carboxylic acids is 1. The third kappa shape index (κ3) is 9.28. The Balaban J connectivity index is 5.06.